The minimum Gasteiger partial charge on any atom is -0.382 e. The van der Waals surface area contributed by atoms with Crippen molar-refractivity contribution >= 4 is 11.6 Å². The first-order valence-corrected chi connectivity index (χ1v) is 5.39. The van der Waals surface area contributed by atoms with Crippen molar-refractivity contribution in [1.29, 1.82) is 0 Å². The number of rotatable bonds is 3. The first kappa shape index (κ1) is 11.2. The Morgan fingerprint density at radius 2 is 2.19 bits per heavy atom. The molecule has 6 heteroatoms. The summed E-state index contributed by atoms with van der Waals surface area (Å²) in [5.41, 5.74) is 1.32. The van der Waals surface area contributed by atoms with Gasteiger partial charge in [-0.15, -0.1) is 0 Å². The van der Waals surface area contributed by atoms with Gasteiger partial charge in [-0.1, -0.05) is 11.6 Å². The highest BCUT2D eigenvalue weighted by molar-refractivity contribution is 6.31. The van der Waals surface area contributed by atoms with E-state index >= 15 is 0 Å². The molecule has 0 aliphatic carbocycles. The summed E-state index contributed by atoms with van der Waals surface area (Å²) in [4.78, 5) is 0. The molecule has 0 aromatic carbocycles. The molecule has 2 aromatic rings. The molecule has 0 aliphatic heterocycles. The van der Waals surface area contributed by atoms with E-state index in [0.717, 1.165) is 0 Å². The van der Waals surface area contributed by atoms with Crippen molar-refractivity contribution in [3.8, 4) is 0 Å². The Hall–Kier alpha value is -1.33. The molecule has 0 radical (unpaired) electrons. The zero-order valence-electron chi connectivity index (χ0n) is 9.13. The third-order valence-electron chi connectivity index (χ3n) is 2.43. The van der Waals surface area contributed by atoms with Gasteiger partial charge in [0, 0.05) is 25.4 Å². The van der Waals surface area contributed by atoms with Gasteiger partial charge >= 0.3 is 0 Å². The topological polar surface area (TPSA) is 55.9 Å². The van der Waals surface area contributed by atoms with E-state index < -0.39 is 6.10 Å². The van der Waals surface area contributed by atoms with Gasteiger partial charge in [0.05, 0.1) is 23.1 Å². The third-order valence-corrected chi connectivity index (χ3v) is 2.72. The van der Waals surface area contributed by atoms with E-state index in [1.807, 2.05) is 6.92 Å². The molecule has 0 saturated heterocycles. The first-order valence-electron chi connectivity index (χ1n) is 5.01. The van der Waals surface area contributed by atoms with E-state index in [-0.39, 0.29) is 0 Å². The summed E-state index contributed by atoms with van der Waals surface area (Å²) in [5, 5.41) is 18.8. The van der Waals surface area contributed by atoms with Gasteiger partial charge in [-0.3, -0.25) is 9.36 Å². The van der Waals surface area contributed by atoms with E-state index in [0.29, 0.717) is 22.8 Å². The molecule has 5 nitrogen and oxygen atoms in total. The number of nitrogens with zero attached hydrogens (tertiary/aromatic N) is 4. The number of halogens is 1. The fourth-order valence-corrected chi connectivity index (χ4v) is 1.88. The van der Waals surface area contributed by atoms with Gasteiger partial charge in [-0.25, -0.2) is 0 Å². The van der Waals surface area contributed by atoms with Crippen LogP contribution in [0, 0.1) is 0 Å². The van der Waals surface area contributed by atoms with Crippen molar-refractivity contribution < 1.29 is 5.11 Å². The van der Waals surface area contributed by atoms with Crippen molar-refractivity contribution in [3.63, 3.8) is 0 Å². The molecule has 1 N–H and O–H groups in total. The van der Waals surface area contributed by atoms with Crippen LogP contribution in [0.5, 0.6) is 0 Å². The predicted molar refractivity (Wildman–Crippen MR) is 60.2 cm³/mol. The lowest BCUT2D eigenvalue weighted by molar-refractivity contribution is 0.208. The smallest absolute Gasteiger partial charge is 0.125 e. The molecule has 0 fully saturated rings. The fraction of sp³-hybridized carbons (Fsp3) is 0.400. The quantitative estimate of drug-likeness (QED) is 0.882. The van der Waals surface area contributed by atoms with Gasteiger partial charge in [-0.2, -0.15) is 10.2 Å². The number of aliphatic hydroxyl groups excluding tert-OH is 1. The predicted octanol–water partition coefficient (Wildman–Crippen LogP) is 1.37. The summed E-state index contributed by atoms with van der Waals surface area (Å²) in [6.07, 6.45) is 4.13. The van der Waals surface area contributed by atoms with Gasteiger partial charge in [0.1, 0.15) is 6.10 Å². The molecule has 0 amide bonds. The summed E-state index contributed by atoms with van der Waals surface area (Å²) < 4.78 is 3.32. The molecule has 2 rings (SSSR count). The maximum absolute atomic E-state index is 10.2. The standard InChI is InChI=1S/C10H13ClN4O/c1-3-15-9(8(11)5-13-15)10(16)7-4-12-14(2)6-7/h4-6,10,16H,3H2,1-2H3. The van der Waals surface area contributed by atoms with Crippen LogP contribution in [0.15, 0.2) is 18.6 Å². The number of aryl methyl sites for hydroxylation is 2. The molecule has 0 bridgehead atoms. The lowest BCUT2D eigenvalue weighted by atomic mass is 10.1. The van der Waals surface area contributed by atoms with E-state index in [1.165, 1.54) is 0 Å². The summed E-state index contributed by atoms with van der Waals surface area (Å²) in [7, 11) is 1.80. The van der Waals surface area contributed by atoms with Crippen LogP contribution < -0.4 is 0 Å². The Balaban J connectivity index is 2.40. The largest absolute Gasteiger partial charge is 0.382 e. The van der Waals surface area contributed by atoms with Gasteiger partial charge in [0.2, 0.25) is 0 Å². The van der Waals surface area contributed by atoms with Crippen LogP contribution in [0.2, 0.25) is 5.02 Å². The minimum absolute atomic E-state index is 0.471. The highest BCUT2D eigenvalue weighted by Gasteiger charge is 2.20. The van der Waals surface area contributed by atoms with E-state index in [1.54, 1.807) is 35.0 Å². The van der Waals surface area contributed by atoms with Crippen LogP contribution in [0.4, 0.5) is 0 Å². The summed E-state index contributed by atoms with van der Waals surface area (Å²) >= 11 is 6.00. The average molecular weight is 241 g/mol. The van der Waals surface area contributed by atoms with Crippen molar-refractivity contribution in [2.24, 2.45) is 7.05 Å². The molecule has 86 valence electrons. The third kappa shape index (κ3) is 1.83. The second-order valence-corrected chi connectivity index (χ2v) is 3.95. The van der Waals surface area contributed by atoms with Crippen LogP contribution in [-0.4, -0.2) is 24.7 Å². The second-order valence-electron chi connectivity index (χ2n) is 3.54. The van der Waals surface area contributed by atoms with Crippen LogP contribution in [-0.2, 0) is 13.6 Å². The number of aromatic nitrogens is 4. The molecule has 16 heavy (non-hydrogen) atoms. The molecule has 2 heterocycles. The highest BCUT2D eigenvalue weighted by Crippen LogP contribution is 2.27. The van der Waals surface area contributed by atoms with Crippen molar-refractivity contribution in [3.05, 3.63) is 34.9 Å². The Labute approximate surface area is 98.3 Å². The van der Waals surface area contributed by atoms with Crippen molar-refractivity contribution in [1.82, 2.24) is 19.6 Å². The lowest BCUT2D eigenvalue weighted by Gasteiger charge is -2.11. The number of hydrogen-bond donors (Lipinski definition) is 1. The summed E-state index contributed by atoms with van der Waals surface area (Å²) in [5.74, 6) is 0. The molecule has 1 atom stereocenters. The molecule has 1 unspecified atom stereocenters. The summed E-state index contributed by atoms with van der Waals surface area (Å²) in [6, 6.07) is 0. The molecule has 0 aliphatic rings. The van der Waals surface area contributed by atoms with Gasteiger partial charge in [0.15, 0.2) is 0 Å². The van der Waals surface area contributed by atoms with E-state index in [2.05, 4.69) is 10.2 Å². The highest BCUT2D eigenvalue weighted by atomic mass is 35.5. The zero-order valence-corrected chi connectivity index (χ0v) is 9.89. The SMILES string of the molecule is CCn1ncc(Cl)c1C(O)c1cnn(C)c1. The Bertz CT molecular complexity index is 491. The lowest BCUT2D eigenvalue weighted by Crippen LogP contribution is -2.09. The summed E-state index contributed by atoms with van der Waals surface area (Å²) in [6.45, 7) is 2.61. The number of aliphatic hydroxyl groups is 1. The molecule has 2 aromatic heterocycles. The van der Waals surface area contributed by atoms with Crippen molar-refractivity contribution in [2.75, 3.05) is 0 Å². The van der Waals surface area contributed by atoms with Crippen LogP contribution in [0.1, 0.15) is 24.3 Å². The normalized spacial score (nSPS) is 13.0. The second kappa shape index (κ2) is 4.27. The average Bonchev–Trinajstić information content (AvgIpc) is 2.83. The van der Waals surface area contributed by atoms with Crippen LogP contribution in [0.3, 0.4) is 0 Å². The maximum atomic E-state index is 10.2. The Morgan fingerprint density at radius 3 is 2.75 bits per heavy atom. The van der Waals surface area contributed by atoms with Gasteiger partial charge in [-0.05, 0) is 6.92 Å². The van der Waals surface area contributed by atoms with E-state index in [9.17, 15) is 5.11 Å². The zero-order chi connectivity index (χ0) is 11.7. The maximum Gasteiger partial charge on any atom is 0.125 e. The fourth-order valence-electron chi connectivity index (χ4n) is 1.63. The van der Waals surface area contributed by atoms with Crippen LogP contribution >= 0.6 is 11.6 Å². The molecule has 0 spiro atoms. The monoisotopic (exact) mass is 240 g/mol. The van der Waals surface area contributed by atoms with Gasteiger partial charge in [0.25, 0.3) is 0 Å². The molecule has 0 saturated carbocycles. The molecular weight excluding hydrogens is 228 g/mol. The minimum atomic E-state index is -0.788. The van der Waals surface area contributed by atoms with Gasteiger partial charge < -0.3 is 5.11 Å². The van der Waals surface area contributed by atoms with E-state index in [4.69, 9.17) is 11.6 Å². The number of hydrogen-bond acceptors (Lipinski definition) is 3. The Morgan fingerprint density at radius 1 is 1.44 bits per heavy atom. The van der Waals surface area contributed by atoms with Crippen LogP contribution in [0.25, 0.3) is 0 Å². The first-order chi connectivity index (χ1) is 7.63. The van der Waals surface area contributed by atoms with Crippen molar-refractivity contribution in [2.45, 2.75) is 19.6 Å². The molecular formula is C10H13ClN4O. The Kier molecular flexibility index (Phi) is 2.98.